The van der Waals surface area contributed by atoms with Gasteiger partial charge in [0, 0.05) is 30.1 Å². The van der Waals surface area contributed by atoms with E-state index in [9.17, 15) is 9.59 Å². The Morgan fingerprint density at radius 3 is 2.78 bits per heavy atom. The molecule has 166 valence electrons. The van der Waals surface area contributed by atoms with Crippen LogP contribution in [0.4, 0.5) is 22.0 Å². The second kappa shape index (κ2) is 8.88. The van der Waals surface area contributed by atoms with Crippen molar-refractivity contribution < 1.29 is 23.0 Å². The number of ether oxygens (including phenoxy) is 1. The molecule has 12 heteroatoms. The second-order valence-corrected chi connectivity index (χ2v) is 6.97. The molecule has 1 aromatic carbocycles. The molecular formula is C20H22N8O4. The summed E-state index contributed by atoms with van der Waals surface area (Å²) >= 11 is 0. The minimum absolute atomic E-state index is 0.0417. The fourth-order valence-corrected chi connectivity index (χ4v) is 2.93. The van der Waals surface area contributed by atoms with E-state index >= 15 is 0 Å². The number of anilines is 3. The first-order valence-electron chi connectivity index (χ1n) is 11.2. The average molecular weight is 441 g/mol. The van der Waals surface area contributed by atoms with Crippen molar-refractivity contribution in [1.82, 2.24) is 31.0 Å². The zero-order valence-electron chi connectivity index (χ0n) is 20.2. The van der Waals surface area contributed by atoms with Crippen molar-refractivity contribution in [3.05, 3.63) is 35.9 Å². The molecule has 1 aliphatic carbocycles. The Morgan fingerprint density at radius 1 is 1.25 bits per heavy atom. The minimum Gasteiger partial charge on any atom is -0.494 e. The molecule has 12 nitrogen and oxygen atoms in total. The van der Waals surface area contributed by atoms with Gasteiger partial charge in [-0.05, 0) is 25.0 Å². The van der Waals surface area contributed by atoms with Crippen molar-refractivity contribution in [3.8, 4) is 17.1 Å². The predicted molar refractivity (Wildman–Crippen MR) is 115 cm³/mol. The molecule has 4 N–H and O–H groups in total. The van der Waals surface area contributed by atoms with Gasteiger partial charge in [0.2, 0.25) is 11.7 Å². The van der Waals surface area contributed by atoms with E-state index in [0.29, 0.717) is 22.9 Å². The number of aryl methyl sites for hydroxylation is 1. The minimum atomic E-state index is -2.74. The number of hydrogen-bond acceptors (Lipinski definition) is 9. The lowest BCUT2D eigenvalue weighted by Crippen LogP contribution is -2.31. The molecule has 4 rings (SSSR count). The number of aromatic nitrogens is 4. The Labute approximate surface area is 187 Å². The third-order valence-corrected chi connectivity index (χ3v) is 4.53. The molecule has 0 atom stereocenters. The summed E-state index contributed by atoms with van der Waals surface area (Å²) < 4.78 is 32.6. The quantitative estimate of drug-likeness (QED) is 0.432. The SMILES string of the molecule is [2H]C([2H])([2H])NC(=O)c1nnc(NC(=O)NC2CC2)cc1Nc1cccc(-c2noc(C)n2)c1OC. The lowest BCUT2D eigenvalue weighted by molar-refractivity contribution is 0.0958. The Kier molecular flexibility index (Phi) is 4.84. The molecule has 0 spiro atoms. The number of carbonyl (C=O) groups is 2. The zero-order valence-corrected chi connectivity index (χ0v) is 17.2. The molecular weight excluding hydrogens is 416 g/mol. The van der Waals surface area contributed by atoms with Gasteiger partial charge in [-0.1, -0.05) is 11.2 Å². The zero-order chi connectivity index (χ0) is 25.2. The molecule has 0 aliphatic heterocycles. The van der Waals surface area contributed by atoms with Gasteiger partial charge in [0.25, 0.3) is 5.91 Å². The smallest absolute Gasteiger partial charge is 0.320 e. The summed E-state index contributed by atoms with van der Waals surface area (Å²) in [6.07, 6.45) is 1.80. The number of rotatable bonds is 7. The molecule has 2 aromatic heterocycles. The largest absolute Gasteiger partial charge is 0.494 e. The number of nitrogens with zero attached hydrogens (tertiary/aromatic N) is 4. The maximum Gasteiger partial charge on any atom is 0.320 e. The summed E-state index contributed by atoms with van der Waals surface area (Å²) in [5.41, 5.74) is 0.657. The monoisotopic (exact) mass is 441 g/mol. The molecule has 0 unspecified atom stereocenters. The van der Waals surface area contributed by atoms with Crippen LogP contribution in [0.15, 0.2) is 28.8 Å². The first-order chi connectivity index (χ1) is 16.6. The van der Waals surface area contributed by atoms with Gasteiger partial charge >= 0.3 is 6.03 Å². The van der Waals surface area contributed by atoms with Crippen LogP contribution in [0, 0.1) is 6.92 Å². The normalized spacial score (nSPS) is 14.5. The molecule has 3 amide bonds. The summed E-state index contributed by atoms with van der Waals surface area (Å²) in [4.78, 5) is 29.0. The van der Waals surface area contributed by atoms with Crippen LogP contribution in [0.3, 0.4) is 0 Å². The van der Waals surface area contributed by atoms with Gasteiger partial charge in [-0.3, -0.25) is 10.1 Å². The summed E-state index contributed by atoms with van der Waals surface area (Å²) in [5.74, 6) is 0.0315. The Morgan fingerprint density at radius 2 is 2.09 bits per heavy atom. The maximum absolute atomic E-state index is 12.6. The van der Waals surface area contributed by atoms with Gasteiger partial charge in [0.15, 0.2) is 17.3 Å². The van der Waals surface area contributed by atoms with Crippen LogP contribution in [-0.4, -0.2) is 52.4 Å². The van der Waals surface area contributed by atoms with Crippen LogP contribution in [-0.2, 0) is 0 Å². The summed E-state index contributed by atoms with van der Waals surface area (Å²) in [6.45, 7) is -1.09. The number of amides is 3. The topological polar surface area (TPSA) is 156 Å². The highest BCUT2D eigenvalue weighted by Crippen LogP contribution is 2.37. The van der Waals surface area contributed by atoms with E-state index in [1.807, 2.05) is 5.32 Å². The van der Waals surface area contributed by atoms with Gasteiger partial charge in [-0.2, -0.15) is 4.98 Å². The van der Waals surface area contributed by atoms with Crippen LogP contribution in [0.25, 0.3) is 11.4 Å². The highest BCUT2D eigenvalue weighted by atomic mass is 16.5. The van der Waals surface area contributed by atoms with Crippen LogP contribution < -0.4 is 26.0 Å². The third-order valence-electron chi connectivity index (χ3n) is 4.53. The van der Waals surface area contributed by atoms with Gasteiger partial charge in [-0.25, -0.2) is 4.79 Å². The van der Waals surface area contributed by atoms with E-state index in [0.717, 1.165) is 12.8 Å². The average Bonchev–Trinajstić information content (AvgIpc) is 3.48. The van der Waals surface area contributed by atoms with Gasteiger partial charge in [0.05, 0.1) is 24.0 Å². The predicted octanol–water partition coefficient (Wildman–Crippen LogP) is 2.23. The number of methoxy groups -OCH3 is 1. The summed E-state index contributed by atoms with van der Waals surface area (Å²) in [6, 6.07) is 6.08. The standard InChI is InChI=1S/C20H22N8O4/c1-10-22-18(28-32-10)12-5-4-6-13(17(12)31-3)24-14-9-15(25-20(30)23-11-7-8-11)26-27-16(14)19(29)21-2/h4-6,9,11H,7-8H2,1-3H3,(H,21,29)(H3,23,24,25,26,30)/i2D3. The number of benzene rings is 1. The number of urea groups is 1. The lowest BCUT2D eigenvalue weighted by Gasteiger charge is -2.16. The molecule has 0 bridgehead atoms. The molecule has 1 fully saturated rings. The van der Waals surface area contributed by atoms with Crippen molar-refractivity contribution >= 4 is 29.1 Å². The van der Waals surface area contributed by atoms with E-state index < -0.39 is 18.9 Å². The van der Waals surface area contributed by atoms with Gasteiger partial charge < -0.3 is 25.2 Å². The highest BCUT2D eigenvalue weighted by molar-refractivity contribution is 5.99. The number of hydrogen-bond donors (Lipinski definition) is 4. The van der Waals surface area contributed by atoms with Crippen LogP contribution >= 0.6 is 0 Å². The second-order valence-electron chi connectivity index (χ2n) is 6.97. The van der Waals surface area contributed by atoms with E-state index in [-0.39, 0.29) is 29.1 Å². The fraction of sp³-hybridized carbons (Fsp3) is 0.300. The molecule has 0 radical (unpaired) electrons. The third kappa shape index (κ3) is 4.58. The Hall–Kier alpha value is -4.22. The molecule has 1 aliphatic rings. The fourth-order valence-electron chi connectivity index (χ4n) is 2.93. The highest BCUT2D eigenvalue weighted by Gasteiger charge is 2.24. The van der Waals surface area contributed by atoms with E-state index in [1.54, 1.807) is 25.1 Å². The van der Waals surface area contributed by atoms with Crippen LogP contribution in [0.2, 0.25) is 0 Å². The summed E-state index contributed by atoms with van der Waals surface area (Å²) in [7, 11) is 1.44. The first kappa shape index (κ1) is 17.5. The number of para-hydroxylation sites is 1. The van der Waals surface area contributed by atoms with Crippen LogP contribution in [0.1, 0.15) is 33.3 Å². The molecule has 3 aromatic rings. The molecule has 2 heterocycles. The van der Waals surface area contributed by atoms with E-state index in [4.69, 9.17) is 13.4 Å². The van der Waals surface area contributed by atoms with Gasteiger partial charge in [0.1, 0.15) is 0 Å². The Balaban J connectivity index is 1.70. The van der Waals surface area contributed by atoms with Crippen molar-refractivity contribution in [2.75, 3.05) is 24.7 Å². The van der Waals surface area contributed by atoms with Crippen molar-refractivity contribution in [3.63, 3.8) is 0 Å². The number of nitrogens with one attached hydrogen (secondary N) is 4. The van der Waals surface area contributed by atoms with E-state index in [2.05, 4.69) is 36.3 Å². The maximum atomic E-state index is 12.6. The molecule has 1 saturated carbocycles. The molecule has 0 saturated heterocycles. The van der Waals surface area contributed by atoms with E-state index in [1.165, 1.54) is 13.2 Å². The number of carbonyl (C=O) groups excluding carboxylic acids is 2. The Bertz CT molecular complexity index is 1260. The van der Waals surface area contributed by atoms with Gasteiger partial charge in [-0.15, -0.1) is 10.2 Å². The molecule has 32 heavy (non-hydrogen) atoms. The van der Waals surface area contributed by atoms with Crippen molar-refractivity contribution in [1.29, 1.82) is 0 Å². The first-order valence-corrected chi connectivity index (χ1v) is 9.65. The lowest BCUT2D eigenvalue weighted by atomic mass is 10.1. The summed E-state index contributed by atoms with van der Waals surface area (Å²) in [5, 5.41) is 21.8. The van der Waals surface area contributed by atoms with Crippen LogP contribution in [0.5, 0.6) is 5.75 Å². The van der Waals surface area contributed by atoms with Crippen molar-refractivity contribution in [2.45, 2.75) is 25.8 Å². The van der Waals surface area contributed by atoms with Crippen molar-refractivity contribution in [2.24, 2.45) is 0 Å².